The molecule has 2 aromatic heterocycles. The van der Waals surface area contributed by atoms with Crippen LogP contribution < -0.4 is 16.7 Å². The zero-order valence-corrected chi connectivity index (χ0v) is 16.5. The van der Waals surface area contributed by atoms with Crippen LogP contribution in [-0.2, 0) is 14.1 Å². The highest BCUT2D eigenvalue weighted by Crippen LogP contribution is 2.35. The second-order valence-electron chi connectivity index (χ2n) is 6.19. The molecule has 0 unspecified atom stereocenters. The number of rotatable bonds is 3. The Bertz CT molecular complexity index is 1290. The summed E-state index contributed by atoms with van der Waals surface area (Å²) < 4.78 is 4.45. The summed E-state index contributed by atoms with van der Waals surface area (Å²) in [7, 11) is 3.03. The van der Waals surface area contributed by atoms with E-state index in [-0.39, 0.29) is 5.91 Å². The predicted octanol–water partition coefficient (Wildman–Crippen LogP) is 3.00. The van der Waals surface area contributed by atoms with Crippen molar-refractivity contribution >= 4 is 44.6 Å². The summed E-state index contributed by atoms with van der Waals surface area (Å²) in [5, 5.41) is 4.06. The minimum atomic E-state index is -0.443. The second kappa shape index (κ2) is 6.81. The van der Waals surface area contributed by atoms with Crippen LogP contribution in [0, 0.1) is 0 Å². The number of aromatic nitrogens is 3. The van der Waals surface area contributed by atoms with Crippen LogP contribution in [0.4, 0.5) is 5.69 Å². The van der Waals surface area contributed by atoms with E-state index in [0.717, 1.165) is 14.7 Å². The van der Waals surface area contributed by atoms with Crippen LogP contribution in [0.25, 0.3) is 15.8 Å². The van der Waals surface area contributed by atoms with Gasteiger partial charge in [0, 0.05) is 29.9 Å². The normalized spacial score (nSPS) is 11.1. The molecule has 142 valence electrons. The molecule has 2 aromatic carbocycles. The lowest BCUT2D eigenvalue weighted by Crippen LogP contribution is -2.26. The fourth-order valence-corrected chi connectivity index (χ4v) is 4.30. The molecule has 9 heteroatoms. The Hall–Kier alpha value is -3.10. The molecule has 1 N–H and O–H groups in total. The molecule has 0 saturated heterocycles. The van der Waals surface area contributed by atoms with Gasteiger partial charge in [0.2, 0.25) is 0 Å². The standard InChI is InChI=1S/C19H15ClN4O3S/c1-22-18(26)24(19(27)23(22)2)12-9-7-11(8-10-12)21-17(25)16-15(20)13-5-3-4-6-14(13)28-16/h3-10H,1-2H3,(H,21,25). The molecule has 0 spiro atoms. The number of carbonyl (C=O) groups excluding carboxylic acids is 1. The summed E-state index contributed by atoms with van der Waals surface area (Å²) in [4.78, 5) is 37.5. The van der Waals surface area contributed by atoms with E-state index in [1.165, 1.54) is 34.8 Å². The van der Waals surface area contributed by atoms with E-state index in [0.29, 0.717) is 21.3 Å². The summed E-state index contributed by atoms with van der Waals surface area (Å²) >= 11 is 7.67. The van der Waals surface area contributed by atoms with Crippen molar-refractivity contribution in [2.24, 2.45) is 14.1 Å². The van der Waals surface area contributed by atoms with Gasteiger partial charge >= 0.3 is 11.4 Å². The third-order valence-electron chi connectivity index (χ3n) is 4.51. The molecule has 0 fully saturated rings. The molecule has 4 rings (SSSR count). The highest BCUT2D eigenvalue weighted by atomic mass is 35.5. The Labute approximate surface area is 168 Å². The Morgan fingerprint density at radius 3 is 2.18 bits per heavy atom. The van der Waals surface area contributed by atoms with Crippen LogP contribution in [0.2, 0.25) is 5.02 Å². The Kier molecular flexibility index (Phi) is 4.44. The average Bonchev–Trinajstić information content (AvgIpc) is 3.13. The topological polar surface area (TPSA) is 78.0 Å². The molecule has 4 aromatic rings. The van der Waals surface area contributed by atoms with Crippen molar-refractivity contribution in [3.63, 3.8) is 0 Å². The van der Waals surface area contributed by atoms with Gasteiger partial charge in [-0.1, -0.05) is 29.8 Å². The van der Waals surface area contributed by atoms with E-state index in [1.54, 1.807) is 24.3 Å². The molecule has 2 heterocycles. The molecule has 0 atom stereocenters. The second-order valence-corrected chi connectivity index (χ2v) is 7.62. The van der Waals surface area contributed by atoms with Gasteiger partial charge < -0.3 is 5.32 Å². The lowest BCUT2D eigenvalue weighted by molar-refractivity contribution is 0.103. The summed E-state index contributed by atoms with van der Waals surface area (Å²) in [6.07, 6.45) is 0. The number of nitrogens with one attached hydrogen (secondary N) is 1. The van der Waals surface area contributed by atoms with Crippen LogP contribution in [0.5, 0.6) is 0 Å². The van der Waals surface area contributed by atoms with Gasteiger partial charge in [0.25, 0.3) is 5.91 Å². The lowest BCUT2D eigenvalue weighted by Gasteiger charge is -2.05. The number of carbonyl (C=O) groups is 1. The smallest absolute Gasteiger partial charge is 0.321 e. The highest BCUT2D eigenvalue weighted by Gasteiger charge is 2.17. The van der Waals surface area contributed by atoms with Crippen molar-refractivity contribution < 1.29 is 4.79 Å². The maximum absolute atomic E-state index is 12.6. The lowest BCUT2D eigenvalue weighted by atomic mass is 10.2. The van der Waals surface area contributed by atoms with Gasteiger partial charge in [-0.05, 0) is 30.3 Å². The third-order valence-corrected chi connectivity index (χ3v) is 6.18. The molecule has 7 nitrogen and oxygen atoms in total. The molecule has 1 amide bonds. The maximum atomic E-state index is 12.6. The number of halogens is 1. The van der Waals surface area contributed by atoms with Crippen LogP contribution in [0.15, 0.2) is 58.1 Å². The monoisotopic (exact) mass is 414 g/mol. The van der Waals surface area contributed by atoms with E-state index < -0.39 is 11.4 Å². The van der Waals surface area contributed by atoms with Crippen LogP contribution in [0.1, 0.15) is 9.67 Å². The van der Waals surface area contributed by atoms with Crippen LogP contribution >= 0.6 is 22.9 Å². The molecule has 0 aliphatic carbocycles. The minimum Gasteiger partial charge on any atom is -0.321 e. The molecule has 0 aliphatic heterocycles. The van der Waals surface area contributed by atoms with E-state index in [1.807, 2.05) is 24.3 Å². The highest BCUT2D eigenvalue weighted by molar-refractivity contribution is 7.21. The van der Waals surface area contributed by atoms with E-state index in [2.05, 4.69) is 5.32 Å². The number of anilines is 1. The maximum Gasteiger partial charge on any atom is 0.351 e. The zero-order valence-electron chi connectivity index (χ0n) is 15.0. The molecule has 0 saturated carbocycles. The van der Waals surface area contributed by atoms with Crippen molar-refractivity contribution in [2.75, 3.05) is 5.32 Å². The van der Waals surface area contributed by atoms with Gasteiger partial charge in [-0.15, -0.1) is 11.3 Å². The van der Waals surface area contributed by atoms with Crippen molar-refractivity contribution in [1.82, 2.24) is 13.9 Å². The Balaban J connectivity index is 1.62. The van der Waals surface area contributed by atoms with Gasteiger partial charge in [-0.25, -0.2) is 23.5 Å². The van der Waals surface area contributed by atoms with Gasteiger partial charge in [0.15, 0.2) is 0 Å². The van der Waals surface area contributed by atoms with Gasteiger partial charge in [-0.3, -0.25) is 4.79 Å². The molecule has 0 bridgehead atoms. The first-order chi connectivity index (χ1) is 13.4. The fourth-order valence-electron chi connectivity index (χ4n) is 2.89. The third kappa shape index (κ3) is 2.87. The van der Waals surface area contributed by atoms with Crippen molar-refractivity contribution in [1.29, 1.82) is 0 Å². The molecule has 28 heavy (non-hydrogen) atoms. The average molecular weight is 415 g/mol. The van der Waals surface area contributed by atoms with Crippen LogP contribution in [0.3, 0.4) is 0 Å². The molecule has 0 aliphatic rings. The van der Waals surface area contributed by atoms with Gasteiger partial charge in [0.1, 0.15) is 4.88 Å². The Morgan fingerprint density at radius 1 is 0.964 bits per heavy atom. The van der Waals surface area contributed by atoms with Crippen molar-refractivity contribution in [3.05, 3.63) is 79.4 Å². The largest absolute Gasteiger partial charge is 0.351 e. The van der Waals surface area contributed by atoms with E-state index in [9.17, 15) is 14.4 Å². The number of hydrogen-bond acceptors (Lipinski definition) is 4. The summed E-state index contributed by atoms with van der Waals surface area (Å²) in [5.74, 6) is -0.313. The molecule has 0 radical (unpaired) electrons. The SMILES string of the molecule is Cn1c(=O)n(-c2ccc(NC(=O)c3sc4ccccc4c3Cl)cc2)c(=O)n1C. The Morgan fingerprint density at radius 2 is 1.57 bits per heavy atom. The van der Waals surface area contributed by atoms with Gasteiger partial charge in [-0.2, -0.15) is 0 Å². The van der Waals surface area contributed by atoms with Crippen molar-refractivity contribution in [3.8, 4) is 5.69 Å². The van der Waals surface area contributed by atoms with Crippen LogP contribution in [-0.4, -0.2) is 19.8 Å². The minimum absolute atomic E-state index is 0.313. The number of hydrogen-bond donors (Lipinski definition) is 1. The van der Waals surface area contributed by atoms with Gasteiger partial charge in [0.05, 0.1) is 10.7 Å². The first kappa shape index (κ1) is 18.3. The summed E-state index contributed by atoms with van der Waals surface area (Å²) in [5.41, 5.74) is 0.0647. The van der Waals surface area contributed by atoms with Crippen molar-refractivity contribution in [2.45, 2.75) is 0 Å². The number of fused-ring (bicyclic) bond motifs is 1. The first-order valence-corrected chi connectivity index (χ1v) is 9.52. The fraction of sp³-hybridized carbons (Fsp3) is 0.105. The first-order valence-electron chi connectivity index (χ1n) is 8.32. The number of nitrogens with zero attached hydrogens (tertiary/aromatic N) is 3. The summed E-state index contributed by atoms with van der Waals surface area (Å²) in [6, 6.07) is 14.0. The number of thiophene rings is 1. The predicted molar refractivity (Wildman–Crippen MR) is 111 cm³/mol. The quantitative estimate of drug-likeness (QED) is 0.559. The van der Waals surface area contributed by atoms with E-state index >= 15 is 0 Å². The zero-order chi connectivity index (χ0) is 20.0. The van der Waals surface area contributed by atoms with E-state index in [4.69, 9.17) is 11.6 Å². The number of benzene rings is 2. The number of amides is 1. The molecular weight excluding hydrogens is 400 g/mol. The molecular formula is C19H15ClN4O3S. The summed E-state index contributed by atoms with van der Waals surface area (Å²) in [6.45, 7) is 0.